The first-order chi connectivity index (χ1) is 8.40. The molecule has 18 heavy (non-hydrogen) atoms. The standard InChI is InChI=1S/C11H12ClIN2O3/c1-6(16)15-10(11(17)18)5-14-9-3-2-7(12)4-8(9)13/h2-4,10,14H,5H2,1H3,(H,15,16)(H,17,18). The monoisotopic (exact) mass is 382 g/mol. The highest BCUT2D eigenvalue weighted by Gasteiger charge is 2.18. The molecule has 0 aliphatic carbocycles. The average Bonchev–Trinajstić information content (AvgIpc) is 2.25. The molecule has 0 aromatic heterocycles. The van der Waals surface area contributed by atoms with Crippen LogP contribution in [0.2, 0.25) is 5.02 Å². The second-order valence-corrected chi connectivity index (χ2v) is 5.20. The van der Waals surface area contributed by atoms with Crippen molar-refractivity contribution in [3.63, 3.8) is 0 Å². The Morgan fingerprint density at radius 1 is 1.50 bits per heavy atom. The van der Waals surface area contributed by atoms with Crippen molar-refractivity contribution in [3.8, 4) is 0 Å². The molecular formula is C11H12ClIN2O3. The molecule has 0 radical (unpaired) electrons. The first-order valence-electron chi connectivity index (χ1n) is 5.09. The molecule has 1 atom stereocenters. The highest BCUT2D eigenvalue weighted by Crippen LogP contribution is 2.22. The Morgan fingerprint density at radius 3 is 2.67 bits per heavy atom. The fourth-order valence-electron chi connectivity index (χ4n) is 1.29. The number of carboxylic acids is 1. The lowest BCUT2D eigenvalue weighted by atomic mass is 10.2. The molecule has 98 valence electrons. The van der Waals surface area contributed by atoms with Gasteiger partial charge in [0, 0.05) is 27.7 Å². The van der Waals surface area contributed by atoms with Crippen LogP contribution >= 0.6 is 34.2 Å². The predicted molar refractivity (Wildman–Crippen MR) is 77.9 cm³/mol. The van der Waals surface area contributed by atoms with Gasteiger partial charge in [-0.05, 0) is 40.8 Å². The lowest BCUT2D eigenvalue weighted by molar-refractivity contribution is -0.141. The third-order valence-electron chi connectivity index (χ3n) is 2.10. The first-order valence-corrected chi connectivity index (χ1v) is 6.54. The fourth-order valence-corrected chi connectivity index (χ4v) is 2.35. The van der Waals surface area contributed by atoms with Crippen molar-refractivity contribution >= 4 is 51.8 Å². The molecule has 5 nitrogen and oxygen atoms in total. The van der Waals surface area contributed by atoms with E-state index in [9.17, 15) is 9.59 Å². The topological polar surface area (TPSA) is 78.4 Å². The Hall–Kier alpha value is -1.02. The van der Waals surface area contributed by atoms with Gasteiger partial charge < -0.3 is 15.7 Å². The number of amides is 1. The number of carboxylic acid groups (broad SMARTS) is 1. The van der Waals surface area contributed by atoms with Gasteiger partial charge in [-0.2, -0.15) is 0 Å². The van der Waals surface area contributed by atoms with E-state index in [1.165, 1.54) is 6.92 Å². The number of hydrogen-bond acceptors (Lipinski definition) is 3. The summed E-state index contributed by atoms with van der Waals surface area (Å²) in [6.45, 7) is 1.38. The van der Waals surface area contributed by atoms with Crippen molar-refractivity contribution in [1.29, 1.82) is 0 Å². The van der Waals surface area contributed by atoms with Crippen LogP contribution in [0.3, 0.4) is 0 Å². The van der Waals surface area contributed by atoms with Crippen LogP contribution in [0, 0.1) is 3.57 Å². The van der Waals surface area contributed by atoms with Crippen molar-refractivity contribution < 1.29 is 14.7 Å². The van der Waals surface area contributed by atoms with Crippen LogP contribution < -0.4 is 10.6 Å². The first kappa shape index (κ1) is 15.0. The van der Waals surface area contributed by atoms with Gasteiger partial charge in [0.05, 0.1) is 0 Å². The van der Waals surface area contributed by atoms with E-state index >= 15 is 0 Å². The zero-order valence-electron chi connectivity index (χ0n) is 9.54. The number of benzene rings is 1. The third kappa shape index (κ3) is 4.69. The maximum atomic E-state index is 10.9. The molecular weight excluding hydrogens is 370 g/mol. The molecule has 1 aromatic rings. The highest BCUT2D eigenvalue weighted by atomic mass is 127. The van der Waals surface area contributed by atoms with Crippen LogP contribution in [0.4, 0.5) is 5.69 Å². The maximum Gasteiger partial charge on any atom is 0.328 e. The number of aliphatic carboxylic acids is 1. The van der Waals surface area contributed by atoms with E-state index < -0.39 is 12.0 Å². The van der Waals surface area contributed by atoms with Crippen molar-refractivity contribution in [1.82, 2.24) is 5.32 Å². The van der Waals surface area contributed by atoms with Gasteiger partial charge >= 0.3 is 5.97 Å². The molecule has 1 amide bonds. The Balaban J connectivity index is 2.66. The number of nitrogens with one attached hydrogen (secondary N) is 2. The molecule has 0 aliphatic rings. The van der Waals surface area contributed by atoms with Gasteiger partial charge in [0.2, 0.25) is 5.91 Å². The summed E-state index contributed by atoms with van der Waals surface area (Å²) >= 11 is 7.91. The molecule has 0 heterocycles. The van der Waals surface area contributed by atoms with Gasteiger partial charge in [-0.25, -0.2) is 4.79 Å². The van der Waals surface area contributed by atoms with Crippen LogP contribution in [-0.2, 0) is 9.59 Å². The smallest absolute Gasteiger partial charge is 0.328 e. The SMILES string of the molecule is CC(=O)NC(CNc1ccc(Cl)cc1I)C(=O)O. The average molecular weight is 383 g/mol. The fraction of sp³-hybridized carbons (Fsp3) is 0.273. The molecule has 0 saturated carbocycles. The number of carbonyl (C=O) groups is 2. The summed E-state index contributed by atoms with van der Waals surface area (Å²) in [6.07, 6.45) is 0. The van der Waals surface area contributed by atoms with E-state index in [4.69, 9.17) is 16.7 Å². The van der Waals surface area contributed by atoms with Gasteiger partial charge in [-0.1, -0.05) is 11.6 Å². The third-order valence-corrected chi connectivity index (χ3v) is 3.23. The Bertz CT molecular complexity index is 468. The summed E-state index contributed by atoms with van der Waals surface area (Å²) < 4.78 is 0.882. The quantitative estimate of drug-likeness (QED) is 0.680. The number of anilines is 1. The molecule has 1 rings (SSSR count). The summed E-state index contributed by atoms with van der Waals surface area (Å²) in [5, 5.41) is 14.9. The molecule has 0 spiro atoms. The van der Waals surface area contributed by atoms with Crippen LogP contribution in [0.5, 0.6) is 0 Å². The molecule has 0 bridgehead atoms. The van der Waals surface area contributed by atoms with E-state index in [-0.39, 0.29) is 12.5 Å². The normalized spacial score (nSPS) is 11.7. The Morgan fingerprint density at radius 2 is 2.17 bits per heavy atom. The van der Waals surface area contributed by atoms with E-state index in [0.29, 0.717) is 5.02 Å². The zero-order valence-corrected chi connectivity index (χ0v) is 12.4. The van der Waals surface area contributed by atoms with E-state index in [2.05, 4.69) is 33.2 Å². The van der Waals surface area contributed by atoms with E-state index in [0.717, 1.165) is 9.26 Å². The summed E-state index contributed by atoms with van der Waals surface area (Å²) in [4.78, 5) is 21.8. The maximum absolute atomic E-state index is 10.9. The van der Waals surface area contributed by atoms with Gasteiger partial charge in [0.25, 0.3) is 0 Å². The summed E-state index contributed by atoms with van der Waals surface area (Å²) in [7, 11) is 0. The largest absolute Gasteiger partial charge is 0.480 e. The number of hydrogen-bond donors (Lipinski definition) is 3. The second-order valence-electron chi connectivity index (χ2n) is 3.60. The summed E-state index contributed by atoms with van der Waals surface area (Å²) in [5.41, 5.74) is 0.775. The van der Waals surface area contributed by atoms with Crippen LogP contribution in [0.25, 0.3) is 0 Å². The van der Waals surface area contributed by atoms with Crippen LogP contribution in [-0.4, -0.2) is 29.6 Å². The summed E-state index contributed by atoms with van der Waals surface area (Å²) in [5.74, 6) is -1.46. The molecule has 0 saturated heterocycles. The van der Waals surface area contributed by atoms with Gasteiger partial charge in [-0.15, -0.1) is 0 Å². The van der Waals surface area contributed by atoms with Crippen molar-refractivity contribution in [2.45, 2.75) is 13.0 Å². The lowest BCUT2D eigenvalue weighted by Gasteiger charge is -2.15. The molecule has 1 aromatic carbocycles. The number of rotatable bonds is 5. The predicted octanol–water partition coefficient (Wildman–Crippen LogP) is 1.95. The Kier molecular flexibility index (Phi) is 5.67. The van der Waals surface area contributed by atoms with Crippen molar-refractivity contribution in [2.24, 2.45) is 0 Å². The minimum Gasteiger partial charge on any atom is -0.480 e. The van der Waals surface area contributed by atoms with Crippen molar-refractivity contribution in [2.75, 3.05) is 11.9 Å². The van der Waals surface area contributed by atoms with Gasteiger partial charge in [0.1, 0.15) is 6.04 Å². The van der Waals surface area contributed by atoms with Crippen LogP contribution in [0.15, 0.2) is 18.2 Å². The minimum atomic E-state index is -1.08. The minimum absolute atomic E-state index is 0.104. The lowest BCUT2D eigenvalue weighted by Crippen LogP contribution is -2.44. The molecule has 7 heteroatoms. The number of halogens is 2. The molecule has 0 fully saturated rings. The molecule has 0 aliphatic heterocycles. The highest BCUT2D eigenvalue weighted by molar-refractivity contribution is 14.1. The second kappa shape index (κ2) is 6.79. The summed E-state index contributed by atoms with van der Waals surface area (Å²) in [6, 6.07) is 4.27. The van der Waals surface area contributed by atoms with E-state index in [1.54, 1.807) is 18.2 Å². The van der Waals surface area contributed by atoms with Gasteiger partial charge in [0.15, 0.2) is 0 Å². The zero-order chi connectivity index (χ0) is 13.7. The van der Waals surface area contributed by atoms with Crippen molar-refractivity contribution in [3.05, 3.63) is 26.8 Å². The Labute approximate surface area is 123 Å². The number of carbonyl (C=O) groups excluding carboxylic acids is 1. The van der Waals surface area contributed by atoms with Crippen LogP contribution in [0.1, 0.15) is 6.92 Å². The molecule has 3 N–H and O–H groups in total. The van der Waals surface area contributed by atoms with E-state index in [1.807, 2.05) is 0 Å². The molecule has 1 unspecified atom stereocenters. The van der Waals surface area contributed by atoms with Gasteiger partial charge in [-0.3, -0.25) is 4.79 Å².